The van der Waals surface area contributed by atoms with Crippen molar-refractivity contribution >= 4 is 38.7 Å². The molecule has 0 aliphatic heterocycles. The maximum absolute atomic E-state index is 13.4. The molecule has 162 valence electrons. The summed E-state index contributed by atoms with van der Waals surface area (Å²) in [6, 6.07) is 18.5. The van der Waals surface area contributed by atoms with Crippen LogP contribution in [0.1, 0.15) is 21.8 Å². The third-order valence-corrected chi connectivity index (χ3v) is 5.73. The lowest BCUT2D eigenvalue weighted by Gasteiger charge is -2.26. The molecule has 8 heteroatoms. The van der Waals surface area contributed by atoms with Gasteiger partial charge in [-0.1, -0.05) is 46.3 Å². The highest BCUT2D eigenvalue weighted by atomic mass is 79.9. The molecule has 0 fully saturated rings. The predicted octanol–water partition coefficient (Wildman–Crippen LogP) is 4.46. The van der Waals surface area contributed by atoms with Gasteiger partial charge < -0.3 is 9.47 Å². The number of fused-ring (bicyclic) bond motifs is 1. The van der Waals surface area contributed by atoms with Crippen molar-refractivity contribution in [3.05, 3.63) is 88.7 Å². The van der Waals surface area contributed by atoms with E-state index in [4.69, 9.17) is 9.47 Å². The summed E-state index contributed by atoms with van der Waals surface area (Å²) >= 11 is 3.49. The van der Waals surface area contributed by atoms with E-state index in [1.165, 1.54) is 26.6 Å². The Labute approximate surface area is 193 Å². The van der Waals surface area contributed by atoms with E-state index in [0.29, 0.717) is 11.4 Å². The fourth-order valence-electron chi connectivity index (χ4n) is 3.79. The first-order valence-corrected chi connectivity index (χ1v) is 10.6. The minimum atomic E-state index is -1.21. The lowest BCUT2D eigenvalue weighted by Crippen LogP contribution is -2.35. The van der Waals surface area contributed by atoms with Gasteiger partial charge in [0.05, 0.1) is 19.7 Å². The second-order valence-corrected chi connectivity index (χ2v) is 8.02. The Kier molecular flexibility index (Phi) is 6.32. The average molecular weight is 494 g/mol. The molecule has 2 atom stereocenters. The molecule has 0 aliphatic rings. The van der Waals surface area contributed by atoms with Crippen LogP contribution in [0.25, 0.3) is 10.9 Å². The average Bonchev–Trinajstić information content (AvgIpc) is 3.36. The lowest BCUT2D eigenvalue weighted by atomic mass is 9.80. The van der Waals surface area contributed by atoms with Gasteiger partial charge in [0.15, 0.2) is 0 Å². The molecule has 0 spiro atoms. The van der Waals surface area contributed by atoms with Crippen molar-refractivity contribution in [2.75, 3.05) is 14.2 Å². The van der Waals surface area contributed by atoms with E-state index in [2.05, 4.69) is 26.0 Å². The predicted molar refractivity (Wildman–Crippen MR) is 123 cm³/mol. The zero-order valence-corrected chi connectivity index (χ0v) is 19.0. The monoisotopic (exact) mass is 493 g/mol. The number of hydrogen-bond acceptors (Lipinski definition) is 6. The van der Waals surface area contributed by atoms with Crippen LogP contribution in [0.3, 0.4) is 0 Å². The van der Waals surface area contributed by atoms with Crippen molar-refractivity contribution in [3.63, 3.8) is 0 Å². The van der Waals surface area contributed by atoms with E-state index in [9.17, 15) is 9.59 Å². The number of ether oxygens (including phenoxy) is 2. The first kappa shape index (κ1) is 21.7. The van der Waals surface area contributed by atoms with Crippen LogP contribution < -0.4 is 4.74 Å². The second-order valence-electron chi connectivity index (χ2n) is 7.10. The molecule has 0 saturated heterocycles. The van der Waals surface area contributed by atoms with Gasteiger partial charge in [-0.3, -0.25) is 9.59 Å². The SMILES string of the molecule is COC(=O)C(C(=O)n1cccn1)C(c1ccccc1)c1cc2cc(Br)ccc2nc1OC. The smallest absolute Gasteiger partial charge is 0.319 e. The second kappa shape index (κ2) is 9.32. The van der Waals surface area contributed by atoms with Crippen molar-refractivity contribution in [3.8, 4) is 5.88 Å². The quantitative estimate of drug-likeness (QED) is 0.291. The maximum atomic E-state index is 13.4. The highest BCUT2D eigenvalue weighted by Crippen LogP contribution is 2.39. The third kappa shape index (κ3) is 4.13. The molecule has 0 aliphatic carbocycles. The molecule has 0 bridgehead atoms. The molecule has 0 radical (unpaired) electrons. The van der Waals surface area contributed by atoms with Gasteiger partial charge >= 0.3 is 5.97 Å². The van der Waals surface area contributed by atoms with E-state index >= 15 is 0 Å². The molecule has 2 heterocycles. The summed E-state index contributed by atoms with van der Waals surface area (Å²) in [5.74, 6) is -2.77. The van der Waals surface area contributed by atoms with E-state index in [0.717, 1.165) is 25.6 Å². The number of nitrogens with zero attached hydrogens (tertiary/aromatic N) is 3. The number of rotatable bonds is 6. The van der Waals surface area contributed by atoms with Gasteiger partial charge in [0, 0.05) is 33.7 Å². The van der Waals surface area contributed by atoms with Crippen molar-refractivity contribution in [1.29, 1.82) is 0 Å². The molecule has 7 nitrogen and oxygen atoms in total. The Morgan fingerprint density at radius 1 is 1.03 bits per heavy atom. The van der Waals surface area contributed by atoms with Crippen LogP contribution >= 0.6 is 15.9 Å². The summed E-state index contributed by atoms with van der Waals surface area (Å²) in [7, 11) is 2.78. The minimum Gasteiger partial charge on any atom is -0.481 e. The van der Waals surface area contributed by atoms with Gasteiger partial charge in [0.1, 0.15) is 5.92 Å². The number of pyridine rings is 1. The lowest BCUT2D eigenvalue weighted by molar-refractivity contribution is -0.144. The van der Waals surface area contributed by atoms with Crippen LogP contribution in [0.2, 0.25) is 0 Å². The van der Waals surface area contributed by atoms with E-state index in [1.54, 1.807) is 6.07 Å². The Balaban J connectivity index is 1.98. The minimum absolute atomic E-state index is 0.329. The summed E-state index contributed by atoms with van der Waals surface area (Å²) in [6.45, 7) is 0. The molecular weight excluding hydrogens is 474 g/mol. The molecular formula is C24H20BrN3O4. The number of aromatic nitrogens is 3. The standard InChI is InChI=1S/C24H20BrN3O4/c1-31-22-18(14-16-13-17(25)9-10-19(16)27-22)20(15-7-4-3-5-8-15)21(24(30)32-2)23(29)28-12-6-11-26-28/h3-14,20-21H,1-2H3. The summed E-state index contributed by atoms with van der Waals surface area (Å²) in [4.78, 5) is 31.1. The summed E-state index contributed by atoms with van der Waals surface area (Å²) < 4.78 is 12.7. The van der Waals surface area contributed by atoms with Crippen molar-refractivity contribution in [1.82, 2.24) is 14.8 Å². The van der Waals surface area contributed by atoms with E-state index in [-0.39, 0.29) is 0 Å². The zero-order chi connectivity index (χ0) is 22.7. The Bertz CT molecular complexity index is 1260. The Morgan fingerprint density at radius 3 is 2.47 bits per heavy atom. The molecule has 2 unspecified atom stereocenters. The number of benzene rings is 2. The zero-order valence-electron chi connectivity index (χ0n) is 17.4. The topological polar surface area (TPSA) is 83.3 Å². The number of halogens is 1. The fourth-order valence-corrected chi connectivity index (χ4v) is 4.17. The number of esters is 1. The summed E-state index contributed by atoms with van der Waals surface area (Å²) in [6.07, 6.45) is 2.99. The van der Waals surface area contributed by atoms with Crippen LogP contribution in [0.4, 0.5) is 0 Å². The van der Waals surface area contributed by atoms with Gasteiger partial charge in [0.25, 0.3) is 5.91 Å². The Hall–Kier alpha value is -3.52. The highest BCUT2D eigenvalue weighted by molar-refractivity contribution is 9.10. The van der Waals surface area contributed by atoms with Crippen LogP contribution in [0.5, 0.6) is 5.88 Å². The molecule has 0 N–H and O–H groups in total. The number of hydrogen-bond donors (Lipinski definition) is 0. The van der Waals surface area contributed by atoms with Gasteiger partial charge in [-0.25, -0.2) is 9.67 Å². The third-order valence-electron chi connectivity index (χ3n) is 5.24. The molecule has 2 aromatic heterocycles. The van der Waals surface area contributed by atoms with E-state index in [1.807, 2.05) is 54.6 Å². The van der Waals surface area contributed by atoms with Gasteiger partial charge in [-0.2, -0.15) is 5.10 Å². The first-order valence-electron chi connectivity index (χ1n) is 9.84. The fraction of sp³-hybridized carbons (Fsp3) is 0.167. The van der Waals surface area contributed by atoms with Crippen molar-refractivity contribution < 1.29 is 19.1 Å². The van der Waals surface area contributed by atoms with Crippen LogP contribution in [0, 0.1) is 5.92 Å². The Morgan fingerprint density at radius 2 is 1.81 bits per heavy atom. The van der Waals surface area contributed by atoms with Gasteiger partial charge in [-0.05, 0) is 35.9 Å². The number of carbonyl (C=O) groups excluding carboxylic acids is 2. The summed E-state index contributed by atoms with van der Waals surface area (Å²) in [5.41, 5.74) is 2.08. The summed E-state index contributed by atoms with van der Waals surface area (Å²) in [5, 5.41) is 4.87. The van der Waals surface area contributed by atoms with Crippen LogP contribution in [0.15, 0.2) is 77.5 Å². The normalized spacial score (nSPS) is 12.8. The molecule has 32 heavy (non-hydrogen) atoms. The largest absolute Gasteiger partial charge is 0.481 e. The number of carbonyl (C=O) groups is 2. The van der Waals surface area contributed by atoms with Crippen LogP contribution in [-0.2, 0) is 9.53 Å². The molecule has 0 amide bonds. The maximum Gasteiger partial charge on any atom is 0.319 e. The van der Waals surface area contributed by atoms with Crippen molar-refractivity contribution in [2.45, 2.75) is 5.92 Å². The first-order chi connectivity index (χ1) is 15.5. The number of methoxy groups -OCH3 is 2. The molecule has 2 aromatic carbocycles. The van der Waals surface area contributed by atoms with Gasteiger partial charge in [0.2, 0.25) is 5.88 Å². The molecule has 4 aromatic rings. The highest BCUT2D eigenvalue weighted by Gasteiger charge is 2.40. The van der Waals surface area contributed by atoms with Crippen molar-refractivity contribution in [2.24, 2.45) is 5.92 Å². The van der Waals surface area contributed by atoms with Crippen LogP contribution in [-0.4, -0.2) is 40.9 Å². The molecule has 4 rings (SSSR count). The molecule has 0 saturated carbocycles. The van der Waals surface area contributed by atoms with E-state index < -0.39 is 23.7 Å². The van der Waals surface area contributed by atoms with Gasteiger partial charge in [-0.15, -0.1) is 0 Å².